The first-order chi connectivity index (χ1) is 16.7. The highest BCUT2D eigenvalue weighted by molar-refractivity contribution is 6.34. The first kappa shape index (κ1) is 24.6. The number of carbonyl (C=O) groups is 1. The molecule has 0 atom stereocenters. The Hall–Kier alpha value is -3.57. The molecule has 0 saturated carbocycles. The second kappa shape index (κ2) is 9.96. The van der Waals surface area contributed by atoms with Crippen molar-refractivity contribution in [1.29, 1.82) is 0 Å². The van der Waals surface area contributed by atoms with Crippen LogP contribution in [0.5, 0.6) is 0 Å². The number of urea groups is 1. The normalized spacial score (nSPS) is 11.2. The van der Waals surface area contributed by atoms with E-state index in [0.717, 1.165) is 39.7 Å². The molecule has 35 heavy (non-hydrogen) atoms. The third kappa shape index (κ3) is 4.69. The Balaban J connectivity index is 1.90. The number of pyridine rings is 1. The lowest BCUT2D eigenvalue weighted by Crippen LogP contribution is -2.29. The van der Waals surface area contributed by atoms with E-state index in [-0.39, 0.29) is 17.2 Å². The molecule has 2 N–H and O–H groups in total. The van der Waals surface area contributed by atoms with Gasteiger partial charge in [0.2, 0.25) is 0 Å². The maximum atomic E-state index is 13.6. The minimum atomic E-state index is -0.474. The number of nitrogens with zero attached hydrogens (tertiary/aromatic N) is 1. The zero-order valence-corrected chi connectivity index (χ0v) is 21.5. The van der Waals surface area contributed by atoms with Gasteiger partial charge in [-0.2, -0.15) is 0 Å². The standard InChI is InChI=1S/C29H30ClN3O2/c1-6-19-14-15-24-22(16-19)25(21-11-7-8-13-23(21)30)27(28(34)33(24)5)32-29(35)31-26-18(4)10-9-12-20(26)17(2)3/h7-17H,6H2,1-5H3,(H2,31,32,35). The number of anilines is 2. The van der Waals surface area contributed by atoms with Crippen LogP contribution in [0.25, 0.3) is 22.0 Å². The molecule has 4 rings (SSSR count). The molecular formula is C29H30ClN3O2. The lowest BCUT2D eigenvalue weighted by atomic mass is 9.97. The van der Waals surface area contributed by atoms with Gasteiger partial charge in [0.05, 0.1) is 5.52 Å². The Kier molecular flexibility index (Phi) is 6.99. The fourth-order valence-electron chi connectivity index (χ4n) is 4.47. The van der Waals surface area contributed by atoms with Crippen molar-refractivity contribution in [1.82, 2.24) is 4.57 Å². The SMILES string of the molecule is CCc1ccc2c(c1)c(-c1ccccc1Cl)c(NC(=O)Nc1c(C)cccc1C(C)C)c(=O)n2C. The Morgan fingerprint density at radius 1 is 1.00 bits per heavy atom. The Morgan fingerprint density at radius 3 is 2.40 bits per heavy atom. The molecule has 180 valence electrons. The molecule has 0 fully saturated rings. The van der Waals surface area contributed by atoms with E-state index in [2.05, 4.69) is 37.5 Å². The van der Waals surface area contributed by atoms with E-state index in [4.69, 9.17) is 11.6 Å². The van der Waals surface area contributed by atoms with Gasteiger partial charge >= 0.3 is 6.03 Å². The molecule has 1 heterocycles. The van der Waals surface area contributed by atoms with Gasteiger partial charge in [-0.3, -0.25) is 4.79 Å². The summed E-state index contributed by atoms with van der Waals surface area (Å²) in [6.45, 7) is 8.20. The van der Waals surface area contributed by atoms with Crippen molar-refractivity contribution in [3.63, 3.8) is 0 Å². The zero-order chi connectivity index (χ0) is 25.3. The molecule has 5 nitrogen and oxygen atoms in total. The van der Waals surface area contributed by atoms with Gasteiger partial charge in [0.15, 0.2) is 0 Å². The van der Waals surface area contributed by atoms with Gasteiger partial charge in [-0.25, -0.2) is 4.79 Å². The van der Waals surface area contributed by atoms with Gasteiger partial charge in [0, 0.05) is 34.3 Å². The number of rotatable bonds is 5. The highest BCUT2D eigenvalue weighted by Crippen LogP contribution is 2.38. The van der Waals surface area contributed by atoms with Crippen LogP contribution >= 0.6 is 11.6 Å². The minimum absolute atomic E-state index is 0.193. The first-order valence-corrected chi connectivity index (χ1v) is 12.2. The van der Waals surface area contributed by atoms with Crippen LogP contribution in [-0.4, -0.2) is 10.6 Å². The molecule has 0 spiro atoms. The predicted octanol–water partition coefficient (Wildman–Crippen LogP) is 7.50. The third-order valence-electron chi connectivity index (χ3n) is 6.42. The summed E-state index contributed by atoms with van der Waals surface area (Å²) in [5.74, 6) is 0.227. The van der Waals surface area contributed by atoms with Crippen LogP contribution in [0, 0.1) is 6.92 Å². The van der Waals surface area contributed by atoms with Crippen LogP contribution in [0.4, 0.5) is 16.2 Å². The van der Waals surface area contributed by atoms with Gasteiger partial charge in [-0.05, 0) is 54.2 Å². The van der Waals surface area contributed by atoms with Gasteiger partial charge in [0.1, 0.15) is 5.69 Å². The summed E-state index contributed by atoms with van der Waals surface area (Å²) >= 11 is 6.60. The average Bonchev–Trinajstić information content (AvgIpc) is 2.84. The van der Waals surface area contributed by atoms with Crippen molar-refractivity contribution in [2.24, 2.45) is 7.05 Å². The Labute approximate surface area is 210 Å². The maximum Gasteiger partial charge on any atom is 0.323 e. The highest BCUT2D eigenvalue weighted by Gasteiger charge is 2.21. The van der Waals surface area contributed by atoms with Crippen LogP contribution in [0.2, 0.25) is 5.02 Å². The smallest absolute Gasteiger partial charge is 0.310 e. The molecule has 6 heteroatoms. The Morgan fingerprint density at radius 2 is 1.71 bits per heavy atom. The molecule has 0 unspecified atom stereocenters. The number of hydrogen-bond donors (Lipinski definition) is 2. The van der Waals surface area contributed by atoms with Crippen molar-refractivity contribution in [3.8, 4) is 11.1 Å². The molecule has 0 aliphatic rings. The number of amides is 2. The van der Waals surface area contributed by atoms with E-state index in [1.165, 1.54) is 0 Å². The summed E-state index contributed by atoms with van der Waals surface area (Å²) in [6.07, 6.45) is 0.843. The quantitative estimate of drug-likeness (QED) is 0.306. The van der Waals surface area contributed by atoms with Crippen LogP contribution < -0.4 is 16.2 Å². The van der Waals surface area contributed by atoms with E-state index >= 15 is 0 Å². The van der Waals surface area contributed by atoms with Crippen molar-refractivity contribution in [3.05, 3.63) is 92.7 Å². The van der Waals surface area contributed by atoms with Gasteiger partial charge in [-0.15, -0.1) is 0 Å². The third-order valence-corrected chi connectivity index (χ3v) is 6.75. The zero-order valence-electron chi connectivity index (χ0n) is 20.7. The summed E-state index contributed by atoms with van der Waals surface area (Å²) in [4.78, 5) is 26.8. The van der Waals surface area contributed by atoms with Gasteiger partial charge in [-0.1, -0.05) is 74.8 Å². The number of nitrogens with one attached hydrogen (secondary N) is 2. The second-order valence-corrected chi connectivity index (χ2v) is 9.48. The topological polar surface area (TPSA) is 63.1 Å². The fraction of sp³-hybridized carbons (Fsp3) is 0.241. The molecule has 0 aliphatic carbocycles. The minimum Gasteiger partial charge on any atom is -0.310 e. The van der Waals surface area contributed by atoms with Crippen molar-refractivity contribution in [2.45, 2.75) is 40.0 Å². The molecular weight excluding hydrogens is 458 g/mol. The van der Waals surface area contributed by atoms with E-state index in [1.54, 1.807) is 17.7 Å². The number of hydrogen-bond acceptors (Lipinski definition) is 2. The van der Waals surface area contributed by atoms with Crippen LogP contribution in [-0.2, 0) is 13.5 Å². The number of para-hydroxylation sites is 1. The number of fused-ring (bicyclic) bond motifs is 1. The number of halogens is 1. The lowest BCUT2D eigenvalue weighted by molar-refractivity contribution is 0.262. The molecule has 0 bridgehead atoms. The molecule has 4 aromatic rings. The lowest BCUT2D eigenvalue weighted by Gasteiger charge is -2.20. The maximum absolute atomic E-state index is 13.6. The number of aromatic nitrogens is 1. The van der Waals surface area contributed by atoms with E-state index < -0.39 is 6.03 Å². The highest BCUT2D eigenvalue weighted by atomic mass is 35.5. The average molecular weight is 488 g/mol. The Bertz CT molecular complexity index is 1490. The number of aryl methyl sites for hydroxylation is 3. The molecule has 2 amide bonds. The van der Waals surface area contributed by atoms with Gasteiger partial charge < -0.3 is 15.2 Å². The summed E-state index contributed by atoms with van der Waals surface area (Å²) < 4.78 is 1.57. The summed E-state index contributed by atoms with van der Waals surface area (Å²) in [5, 5.41) is 7.23. The summed E-state index contributed by atoms with van der Waals surface area (Å²) in [7, 11) is 1.72. The summed E-state index contributed by atoms with van der Waals surface area (Å²) in [5.41, 5.74) is 5.84. The fourth-order valence-corrected chi connectivity index (χ4v) is 4.71. The van der Waals surface area contributed by atoms with E-state index in [9.17, 15) is 9.59 Å². The van der Waals surface area contributed by atoms with Crippen LogP contribution in [0.1, 0.15) is 43.4 Å². The monoisotopic (exact) mass is 487 g/mol. The van der Waals surface area contributed by atoms with Gasteiger partial charge in [0.25, 0.3) is 5.56 Å². The van der Waals surface area contributed by atoms with E-state index in [0.29, 0.717) is 16.1 Å². The van der Waals surface area contributed by atoms with Crippen LogP contribution in [0.3, 0.4) is 0 Å². The molecule has 0 radical (unpaired) electrons. The number of carbonyl (C=O) groups excluding carboxylic acids is 1. The van der Waals surface area contributed by atoms with Crippen molar-refractivity contribution < 1.29 is 4.79 Å². The molecule has 1 aromatic heterocycles. The van der Waals surface area contributed by atoms with E-state index in [1.807, 2.05) is 55.5 Å². The molecule has 0 saturated heterocycles. The van der Waals surface area contributed by atoms with Crippen molar-refractivity contribution >= 4 is 39.9 Å². The number of benzene rings is 3. The first-order valence-electron chi connectivity index (χ1n) is 11.8. The van der Waals surface area contributed by atoms with Crippen LogP contribution in [0.15, 0.2) is 65.5 Å². The largest absolute Gasteiger partial charge is 0.323 e. The molecule has 3 aromatic carbocycles. The molecule has 0 aliphatic heterocycles. The predicted molar refractivity (Wildman–Crippen MR) is 147 cm³/mol. The summed E-state index contributed by atoms with van der Waals surface area (Å²) in [6, 6.07) is 18.9. The van der Waals surface area contributed by atoms with Crippen molar-refractivity contribution in [2.75, 3.05) is 10.6 Å². The second-order valence-electron chi connectivity index (χ2n) is 9.07.